The standard InChI is InChI=1S/2C16H14N4O5.Co.Na/c2*1-10(21)15(16(23)17-11-5-3-2-4-6-11)19-18-13-8-7-12(20(24)25)9-14(13)22;;/h2*2-9,21-22H,1H3,(H,17,23);;/q;;+3;+1/p-4. The number of para-hydroxylation sites is 2. The Hall–Kier alpha value is -5.99. The summed E-state index contributed by atoms with van der Waals surface area (Å²) in [6.07, 6.45) is 0. The van der Waals surface area contributed by atoms with E-state index < -0.39 is 56.1 Å². The largest absolute Gasteiger partial charge is 3.00 e. The molecule has 52 heavy (non-hydrogen) atoms. The topological polar surface area (TPSA) is 286 Å². The fourth-order valence-corrected chi connectivity index (χ4v) is 3.58. The molecule has 0 saturated carbocycles. The van der Waals surface area contributed by atoms with Crippen molar-refractivity contribution in [2.24, 2.45) is 20.5 Å². The number of anilines is 2. The van der Waals surface area contributed by atoms with Crippen LogP contribution in [0, 0.1) is 20.2 Å². The van der Waals surface area contributed by atoms with Crippen LogP contribution in [0.15, 0.2) is 140 Å². The zero-order valence-electron chi connectivity index (χ0n) is 27.3. The Morgan fingerprint density at radius 1 is 0.596 bits per heavy atom. The number of hydrogen-bond donors (Lipinski definition) is 2. The summed E-state index contributed by atoms with van der Waals surface area (Å²) in [4.78, 5) is 44.0. The quantitative estimate of drug-likeness (QED) is 0.0576. The van der Waals surface area contributed by atoms with Gasteiger partial charge in [-0.15, -0.1) is 21.7 Å². The van der Waals surface area contributed by atoms with Crippen molar-refractivity contribution in [1.29, 1.82) is 0 Å². The van der Waals surface area contributed by atoms with Gasteiger partial charge in [0.05, 0.1) is 21.2 Å². The smallest absolute Gasteiger partial charge is 0.874 e. The summed E-state index contributed by atoms with van der Waals surface area (Å²) in [6.45, 7) is 2.26. The Kier molecular flexibility index (Phi) is 18.0. The predicted octanol–water partition coefficient (Wildman–Crippen LogP) is 0.967. The number of nitrogens with zero attached hydrogens (tertiary/aromatic N) is 6. The molecule has 262 valence electrons. The van der Waals surface area contributed by atoms with Crippen LogP contribution in [-0.2, 0) is 26.4 Å². The van der Waals surface area contributed by atoms with Crippen LogP contribution in [0.2, 0.25) is 0 Å². The Bertz CT molecular complexity index is 1880. The zero-order valence-corrected chi connectivity index (χ0v) is 30.4. The molecular weight excluding hydrogens is 738 g/mol. The van der Waals surface area contributed by atoms with Crippen molar-refractivity contribution in [3.05, 3.63) is 140 Å². The van der Waals surface area contributed by atoms with Crippen LogP contribution in [0.4, 0.5) is 34.1 Å². The number of benzene rings is 4. The van der Waals surface area contributed by atoms with Crippen molar-refractivity contribution >= 4 is 45.9 Å². The zero-order chi connectivity index (χ0) is 36.8. The monoisotopic (exact) mass is 762 g/mol. The number of carbonyl (C=O) groups is 2. The van der Waals surface area contributed by atoms with Crippen LogP contribution in [0.5, 0.6) is 11.5 Å². The third kappa shape index (κ3) is 13.4. The third-order valence-electron chi connectivity index (χ3n) is 5.98. The molecule has 0 aliphatic carbocycles. The van der Waals surface area contributed by atoms with E-state index in [0.29, 0.717) is 11.4 Å². The SMILES string of the molecule is CC([O-])=C(N=Nc1ccc([N+](=O)[O-])cc1[O-])C(=O)Nc1ccccc1.CC([O-])=C(N=Nc1ccc([N+](=O)[O-])cc1[O-])C(=O)Nc1ccccc1.[Co+3].[Na+]. The normalized spacial score (nSPS) is 11.4. The van der Waals surface area contributed by atoms with Gasteiger partial charge in [-0.1, -0.05) is 61.7 Å². The fraction of sp³-hybridized carbons (Fsp3) is 0.0625. The Morgan fingerprint density at radius 2 is 0.923 bits per heavy atom. The molecule has 0 saturated heterocycles. The van der Waals surface area contributed by atoms with Crippen molar-refractivity contribution < 1.29 is 86.2 Å². The minimum absolute atomic E-state index is 0. The fourth-order valence-electron chi connectivity index (χ4n) is 3.58. The Morgan fingerprint density at radius 3 is 1.19 bits per heavy atom. The first kappa shape index (κ1) is 44.0. The van der Waals surface area contributed by atoms with Crippen LogP contribution in [0.25, 0.3) is 0 Å². The molecule has 0 bridgehead atoms. The maximum Gasteiger partial charge on any atom is 3.00 e. The number of nitrogens with one attached hydrogen (secondary N) is 2. The molecule has 0 unspecified atom stereocenters. The summed E-state index contributed by atoms with van der Waals surface area (Å²) in [5, 5.41) is 87.0. The minimum atomic E-state index is -0.781. The van der Waals surface area contributed by atoms with Crippen molar-refractivity contribution in [2.75, 3.05) is 10.6 Å². The number of hydrogen-bond acceptors (Lipinski definition) is 14. The first-order chi connectivity index (χ1) is 23.8. The van der Waals surface area contributed by atoms with Crippen LogP contribution in [0.1, 0.15) is 13.8 Å². The average molecular weight is 763 g/mol. The van der Waals surface area contributed by atoms with Gasteiger partial charge in [0, 0.05) is 35.6 Å². The predicted molar refractivity (Wildman–Crippen MR) is 170 cm³/mol. The Balaban J connectivity index is 0.000000501. The van der Waals surface area contributed by atoms with Gasteiger partial charge in [0.2, 0.25) is 0 Å². The molecule has 2 N–H and O–H groups in total. The van der Waals surface area contributed by atoms with E-state index in [1.807, 2.05) is 0 Å². The number of azo groups is 2. The molecule has 0 spiro atoms. The van der Waals surface area contributed by atoms with Crippen LogP contribution < -0.4 is 60.6 Å². The molecule has 2 amide bonds. The number of allylic oxidation sites excluding steroid dienone is 2. The first-order valence-electron chi connectivity index (χ1n) is 14.0. The summed E-state index contributed by atoms with van der Waals surface area (Å²) >= 11 is 0. The summed E-state index contributed by atoms with van der Waals surface area (Å²) in [5.41, 5.74) is -1.30. The van der Waals surface area contributed by atoms with Gasteiger partial charge in [0.1, 0.15) is 11.4 Å². The van der Waals surface area contributed by atoms with Crippen LogP contribution in [0.3, 0.4) is 0 Å². The van der Waals surface area contributed by atoms with E-state index in [1.54, 1.807) is 60.7 Å². The van der Waals surface area contributed by atoms with Gasteiger partial charge in [0.15, 0.2) is 0 Å². The third-order valence-corrected chi connectivity index (χ3v) is 5.98. The molecule has 4 aromatic carbocycles. The number of amides is 2. The second-order valence-corrected chi connectivity index (χ2v) is 9.67. The maximum absolute atomic E-state index is 12.1. The van der Waals surface area contributed by atoms with Crippen molar-refractivity contribution in [2.45, 2.75) is 13.8 Å². The molecule has 0 radical (unpaired) electrons. The van der Waals surface area contributed by atoms with E-state index in [1.165, 1.54) is 0 Å². The van der Waals surface area contributed by atoms with Gasteiger partial charge in [0.25, 0.3) is 23.2 Å². The molecule has 0 aliphatic heterocycles. The average Bonchev–Trinajstić information content (AvgIpc) is 3.07. The second kappa shape index (κ2) is 21.3. The van der Waals surface area contributed by atoms with Crippen molar-refractivity contribution in [3.63, 3.8) is 0 Å². The Labute approximate surface area is 327 Å². The maximum atomic E-state index is 12.1. The molecule has 18 nitrogen and oxygen atoms in total. The van der Waals surface area contributed by atoms with Gasteiger partial charge in [-0.05, 0) is 36.4 Å². The molecule has 0 aromatic heterocycles. The minimum Gasteiger partial charge on any atom is -0.874 e. The molecule has 20 heteroatoms. The summed E-state index contributed by atoms with van der Waals surface area (Å²) in [7, 11) is 0. The van der Waals surface area contributed by atoms with Crippen LogP contribution >= 0.6 is 0 Å². The molecule has 0 heterocycles. The van der Waals surface area contributed by atoms with E-state index in [4.69, 9.17) is 0 Å². The molecular formula is C32H24CoN8NaO10. The van der Waals surface area contributed by atoms with E-state index in [9.17, 15) is 50.2 Å². The summed E-state index contributed by atoms with van der Waals surface area (Å²) in [5.74, 6) is -4.35. The number of nitro benzene ring substituents is 2. The number of non-ortho nitro benzene ring substituents is 2. The molecule has 0 aliphatic rings. The van der Waals surface area contributed by atoms with Crippen LogP contribution in [-0.4, -0.2) is 21.7 Å². The summed E-state index contributed by atoms with van der Waals surface area (Å²) < 4.78 is 0. The van der Waals surface area contributed by atoms with E-state index >= 15 is 0 Å². The second-order valence-electron chi connectivity index (χ2n) is 9.67. The molecule has 0 fully saturated rings. The van der Waals surface area contributed by atoms with Crippen molar-refractivity contribution in [3.8, 4) is 11.5 Å². The van der Waals surface area contributed by atoms with E-state index in [2.05, 4.69) is 31.1 Å². The van der Waals surface area contributed by atoms with E-state index in [0.717, 1.165) is 50.2 Å². The molecule has 4 rings (SSSR count). The molecule has 0 atom stereocenters. The van der Waals surface area contributed by atoms with Gasteiger partial charge in [-0.2, -0.15) is 10.2 Å². The van der Waals surface area contributed by atoms with Gasteiger partial charge >= 0.3 is 46.3 Å². The number of nitro groups is 2. The first-order valence-corrected chi connectivity index (χ1v) is 14.0. The van der Waals surface area contributed by atoms with Crippen molar-refractivity contribution in [1.82, 2.24) is 0 Å². The number of carbonyl (C=O) groups excluding carboxylic acids is 2. The molecule has 4 aromatic rings. The summed E-state index contributed by atoms with van der Waals surface area (Å²) in [6, 6.07) is 22.7. The van der Waals surface area contributed by atoms with Gasteiger partial charge in [-0.25, -0.2) is 0 Å². The number of rotatable bonds is 10. The van der Waals surface area contributed by atoms with Gasteiger partial charge < -0.3 is 31.1 Å². The van der Waals surface area contributed by atoms with E-state index in [-0.39, 0.29) is 69.1 Å². The van der Waals surface area contributed by atoms with Gasteiger partial charge in [-0.3, -0.25) is 29.8 Å².